The topological polar surface area (TPSA) is 75.5 Å². The molecule has 1 aromatic carbocycles. The number of nitrogens with zero attached hydrogens (tertiary/aromatic N) is 3. The van der Waals surface area contributed by atoms with Gasteiger partial charge in [-0.25, -0.2) is 4.98 Å². The van der Waals surface area contributed by atoms with Crippen molar-refractivity contribution in [2.24, 2.45) is 13.0 Å². The van der Waals surface area contributed by atoms with Crippen LogP contribution in [0.3, 0.4) is 0 Å². The van der Waals surface area contributed by atoms with E-state index >= 15 is 4.39 Å². The van der Waals surface area contributed by atoms with E-state index in [0.29, 0.717) is 30.1 Å². The second-order valence-electron chi connectivity index (χ2n) is 9.20. The quantitative estimate of drug-likeness (QED) is 0.416. The number of hydrogen-bond acceptors (Lipinski definition) is 6. The number of benzene rings is 1. The standard InChI is InChI=1S/C26H32FN3O4/c1-17(13-18(2)31)15-32-20-9-11-21(12-10-20)34-26-29-22-14-28-25(23(27)24(22)30(26)3)33-16-19-7-5-4-6-8-19/h4-8,14,17,20-21H,9-13,15-16H2,1-3H3/t17-,20?,21?/m1/s1. The fourth-order valence-electron chi connectivity index (χ4n) is 4.37. The number of Topliss-reactive ketones (excluding diaryl/α,β-unsaturated/α-hetero) is 1. The number of rotatable bonds is 10. The maximum Gasteiger partial charge on any atom is 0.297 e. The predicted molar refractivity (Wildman–Crippen MR) is 126 cm³/mol. The van der Waals surface area contributed by atoms with Crippen molar-refractivity contribution >= 4 is 16.8 Å². The van der Waals surface area contributed by atoms with Crippen LogP contribution in [0.2, 0.25) is 0 Å². The lowest BCUT2D eigenvalue weighted by atomic mass is 9.95. The number of fused-ring (bicyclic) bond motifs is 1. The highest BCUT2D eigenvalue weighted by Crippen LogP contribution is 2.30. The molecule has 3 aromatic rings. The normalized spacial score (nSPS) is 19.2. The molecule has 4 rings (SSSR count). The molecule has 0 amide bonds. The van der Waals surface area contributed by atoms with Crippen LogP contribution < -0.4 is 9.47 Å². The Morgan fingerprint density at radius 2 is 1.88 bits per heavy atom. The molecule has 1 saturated carbocycles. The zero-order valence-corrected chi connectivity index (χ0v) is 20.0. The molecule has 0 saturated heterocycles. The number of halogens is 1. The van der Waals surface area contributed by atoms with Gasteiger partial charge in [0.15, 0.2) is 0 Å². The summed E-state index contributed by atoms with van der Waals surface area (Å²) in [4.78, 5) is 19.8. The highest BCUT2D eigenvalue weighted by atomic mass is 19.1. The zero-order valence-electron chi connectivity index (χ0n) is 20.0. The Labute approximate surface area is 199 Å². The number of hydrogen-bond donors (Lipinski definition) is 0. The minimum absolute atomic E-state index is 0.00479. The van der Waals surface area contributed by atoms with E-state index in [9.17, 15) is 4.79 Å². The van der Waals surface area contributed by atoms with Gasteiger partial charge in [0.25, 0.3) is 11.9 Å². The van der Waals surface area contributed by atoms with E-state index in [2.05, 4.69) is 9.97 Å². The molecule has 1 aliphatic carbocycles. The van der Waals surface area contributed by atoms with Crippen molar-refractivity contribution in [1.82, 2.24) is 14.5 Å². The van der Waals surface area contributed by atoms with Crippen molar-refractivity contribution in [3.05, 3.63) is 47.9 Å². The van der Waals surface area contributed by atoms with Gasteiger partial charge in [-0.2, -0.15) is 9.37 Å². The predicted octanol–water partition coefficient (Wildman–Crippen LogP) is 5.01. The van der Waals surface area contributed by atoms with Crippen LogP contribution in [0.15, 0.2) is 36.5 Å². The lowest BCUT2D eigenvalue weighted by molar-refractivity contribution is -0.118. The maximum atomic E-state index is 15.2. The SMILES string of the molecule is CC(=O)C[C@@H](C)COC1CCC(Oc2nc3cnc(OCc4ccccc4)c(F)c3n2C)CC1. The molecular formula is C26H32FN3O4. The summed E-state index contributed by atoms with van der Waals surface area (Å²) in [7, 11) is 1.74. The average Bonchev–Trinajstić information content (AvgIpc) is 3.14. The van der Waals surface area contributed by atoms with Crippen LogP contribution in [0.5, 0.6) is 11.9 Å². The number of ether oxygens (including phenoxy) is 3. The van der Waals surface area contributed by atoms with Crippen LogP contribution in [-0.2, 0) is 23.2 Å². The van der Waals surface area contributed by atoms with E-state index in [1.54, 1.807) is 18.5 Å². The van der Waals surface area contributed by atoms with Gasteiger partial charge in [-0.1, -0.05) is 37.3 Å². The maximum absolute atomic E-state index is 15.2. The van der Waals surface area contributed by atoms with Crippen LogP contribution in [0, 0.1) is 11.7 Å². The van der Waals surface area contributed by atoms with Crippen molar-refractivity contribution in [2.75, 3.05) is 6.61 Å². The summed E-state index contributed by atoms with van der Waals surface area (Å²) in [5.74, 6) is -0.175. The van der Waals surface area contributed by atoms with Crippen LogP contribution in [0.25, 0.3) is 11.0 Å². The summed E-state index contributed by atoms with van der Waals surface area (Å²) in [6.07, 6.45) is 5.68. The van der Waals surface area contributed by atoms with Crippen molar-refractivity contribution in [2.45, 2.75) is 64.8 Å². The van der Waals surface area contributed by atoms with Gasteiger partial charge < -0.3 is 19.0 Å². The Hall–Kier alpha value is -3.00. The summed E-state index contributed by atoms with van der Waals surface area (Å²) in [5.41, 5.74) is 1.67. The largest absolute Gasteiger partial charge is 0.471 e. The van der Waals surface area contributed by atoms with Gasteiger partial charge >= 0.3 is 0 Å². The number of ketones is 1. The molecule has 1 fully saturated rings. The van der Waals surface area contributed by atoms with Crippen molar-refractivity contribution in [1.29, 1.82) is 0 Å². The summed E-state index contributed by atoms with van der Waals surface area (Å²) in [5, 5.41) is 0. The number of imidazole rings is 1. The first-order chi connectivity index (χ1) is 16.4. The molecular weight excluding hydrogens is 437 g/mol. The van der Waals surface area contributed by atoms with E-state index < -0.39 is 5.82 Å². The smallest absolute Gasteiger partial charge is 0.297 e. The molecule has 0 radical (unpaired) electrons. The molecule has 0 N–H and O–H groups in total. The van der Waals surface area contributed by atoms with Crippen LogP contribution in [-0.4, -0.2) is 39.1 Å². The van der Waals surface area contributed by atoms with Gasteiger partial charge in [-0.05, 0) is 44.1 Å². The Morgan fingerprint density at radius 3 is 2.59 bits per heavy atom. The van der Waals surface area contributed by atoms with Gasteiger partial charge in [0.05, 0.1) is 12.3 Å². The Kier molecular flexibility index (Phi) is 7.77. The minimum Gasteiger partial charge on any atom is -0.471 e. The molecule has 0 unspecified atom stereocenters. The fourth-order valence-corrected chi connectivity index (χ4v) is 4.37. The summed E-state index contributed by atoms with van der Waals surface area (Å²) < 4.78 is 34.5. The Balaban J connectivity index is 1.34. The first-order valence-corrected chi connectivity index (χ1v) is 11.9. The third-order valence-electron chi connectivity index (χ3n) is 6.14. The van der Waals surface area contributed by atoms with E-state index in [-0.39, 0.29) is 36.4 Å². The second-order valence-corrected chi connectivity index (χ2v) is 9.20. The van der Waals surface area contributed by atoms with Crippen molar-refractivity contribution < 1.29 is 23.4 Å². The third-order valence-corrected chi connectivity index (χ3v) is 6.14. The minimum atomic E-state index is -0.546. The molecule has 0 spiro atoms. The number of carbonyl (C=O) groups is 1. The number of aromatic nitrogens is 3. The van der Waals surface area contributed by atoms with Crippen molar-refractivity contribution in [3.63, 3.8) is 0 Å². The van der Waals surface area contributed by atoms with Gasteiger partial charge in [-0.3, -0.25) is 4.57 Å². The monoisotopic (exact) mass is 469 g/mol. The number of aryl methyl sites for hydroxylation is 1. The van der Waals surface area contributed by atoms with E-state index in [4.69, 9.17) is 14.2 Å². The molecule has 1 aliphatic rings. The number of pyridine rings is 1. The molecule has 0 bridgehead atoms. The molecule has 8 heteroatoms. The lowest BCUT2D eigenvalue weighted by Crippen LogP contribution is -2.30. The summed E-state index contributed by atoms with van der Waals surface area (Å²) in [6, 6.07) is 9.94. The highest BCUT2D eigenvalue weighted by molar-refractivity contribution is 5.77. The molecule has 2 aromatic heterocycles. The Morgan fingerprint density at radius 1 is 1.18 bits per heavy atom. The van der Waals surface area contributed by atoms with E-state index in [0.717, 1.165) is 31.2 Å². The van der Waals surface area contributed by atoms with Gasteiger partial charge in [0.2, 0.25) is 5.82 Å². The van der Waals surface area contributed by atoms with Gasteiger partial charge in [-0.15, -0.1) is 0 Å². The fraction of sp³-hybridized carbons (Fsp3) is 0.500. The Bertz CT molecular complexity index is 1110. The van der Waals surface area contributed by atoms with Crippen LogP contribution in [0.1, 0.15) is 51.5 Å². The molecule has 1 atom stereocenters. The van der Waals surface area contributed by atoms with Gasteiger partial charge in [0.1, 0.15) is 29.5 Å². The first kappa shape index (κ1) is 24.1. The summed E-state index contributed by atoms with van der Waals surface area (Å²) in [6.45, 7) is 4.48. The highest BCUT2D eigenvalue weighted by Gasteiger charge is 2.26. The van der Waals surface area contributed by atoms with E-state index in [1.807, 2.05) is 37.3 Å². The van der Waals surface area contributed by atoms with Gasteiger partial charge in [0, 0.05) is 20.1 Å². The second kappa shape index (κ2) is 11.0. The van der Waals surface area contributed by atoms with Crippen LogP contribution >= 0.6 is 0 Å². The molecule has 0 aliphatic heterocycles. The first-order valence-electron chi connectivity index (χ1n) is 11.9. The molecule has 34 heavy (non-hydrogen) atoms. The zero-order chi connectivity index (χ0) is 24.1. The third kappa shape index (κ3) is 5.91. The van der Waals surface area contributed by atoms with Crippen molar-refractivity contribution in [3.8, 4) is 11.9 Å². The van der Waals surface area contributed by atoms with E-state index in [1.165, 1.54) is 6.20 Å². The molecule has 182 valence electrons. The molecule has 7 nitrogen and oxygen atoms in total. The average molecular weight is 470 g/mol. The molecule has 2 heterocycles. The van der Waals surface area contributed by atoms with Crippen LogP contribution in [0.4, 0.5) is 4.39 Å². The lowest BCUT2D eigenvalue weighted by Gasteiger charge is -2.29. The summed E-state index contributed by atoms with van der Waals surface area (Å²) >= 11 is 0. The number of carbonyl (C=O) groups excluding carboxylic acids is 1.